The summed E-state index contributed by atoms with van der Waals surface area (Å²) in [7, 11) is 1.57. The van der Waals surface area contributed by atoms with E-state index in [2.05, 4.69) is 21.2 Å². The van der Waals surface area contributed by atoms with Gasteiger partial charge in [-0.2, -0.15) is 0 Å². The number of benzene rings is 4. The molecule has 0 saturated heterocycles. The standard InChI is InChI=1S/C35H27BrN4O6S/c1-21-31(33(41)38-25-8-4-3-5-9-25)32(24-7-6-10-27(19-24)45-2)39-34(42)30(47-35(39)37-21)18-23-13-16-29(28(36)17-23)46-20-22-11-14-26(15-12-22)40(43)44/h3-19,32H,20H2,1-2H3,(H,38,41)/b30-18-/t32-/m1/s1. The monoisotopic (exact) mass is 710 g/mol. The van der Waals surface area contributed by atoms with Crippen molar-refractivity contribution in [2.75, 3.05) is 12.4 Å². The Hall–Kier alpha value is -5.33. The van der Waals surface area contributed by atoms with Gasteiger partial charge in [0.1, 0.15) is 18.1 Å². The van der Waals surface area contributed by atoms with Crippen LogP contribution in [-0.4, -0.2) is 22.5 Å². The maximum absolute atomic E-state index is 14.1. The molecule has 1 aliphatic heterocycles. The summed E-state index contributed by atoms with van der Waals surface area (Å²) in [5, 5.41) is 13.9. The van der Waals surface area contributed by atoms with Crippen molar-refractivity contribution in [1.29, 1.82) is 0 Å². The van der Waals surface area contributed by atoms with Crippen LogP contribution in [0.5, 0.6) is 11.5 Å². The summed E-state index contributed by atoms with van der Waals surface area (Å²) >= 11 is 4.80. The number of thiazole rings is 1. The first kappa shape index (κ1) is 31.6. The number of rotatable bonds is 9. The number of allylic oxidation sites excluding steroid dienone is 1. The molecule has 6 rings (SSSR count). The molecule has 5 aromatic rings. The predicted octanol–water partition coefficient (Wildman–Crippen LogP) is 6.13. The smallest absolute Gasteiger partial charge is 0.271 e. The average Bonchev–Trinajstić information content (AvgIpc) is 3.37. The molecule has 2 heterocycles. The SMILES string of the molecule is COc1cccc([C@@H]2C(C(=O)Nc3ccccc3)=C(C)N=c3s/c(=C\c4ccc(OCc5ccc([N+](=O)[O-])cc5)c(Br)c4)c(=O)n32)c1. The first-order valence-corrected chi connectivity index (χ1v) is 16.0. The number of ether oxygens (including phenoxy) is 2. The van der Waals surface area contributed by atoms with Crippen LogP contribution in [0.4, 0.5) is 11.4 Å². The second kappa shape index (κ2) is 13.6. The first-order chi connectivity index (χ1) is 22.7. The van der Waals surface area contributed by atoms with Crippen LogP contribution < -0.4 is 29.7 Å². The molecule has 0 fully saturated rings. The molecular formula is C35H27BrN4O6S. The molecule has 0 spiro atoms. The summed E-state index contributed by atoms with van der Waals surface area (Å²) < 4.78 is 14.1. The highest BCUT2D eigenvalue weighted by molar-refractivity contribution is 9.10. The topological polar surface area (TPSA) is 125 Å². The van der Waals surface area contributed by atoms with Crippen molar-refractivity contribution in [2.45, 2.75) is 19.6 Å². The van der Waals surface area contributed by atoms with Gasteiger partial charge in [0.05, 0.1) is 38.4 Å². The highest BCUT2D eigenvalue weighted by atomic mass is 79.9. The number of aromatic nitrogens is 1. The van der Waals surface area contributed by atoms with E-state index in [-0.39, 0.29) is 23.8 Å². The van der Waals surface area contributed by atoms with Crippen molar-refractivity contribution in [3.63, 3.8) is 0 Å². The van der Waals surface area contributed by atoms with E-state index < -0.39 is 11.0 Å². The van der Waals surface area contributed by atoms with E-state index in [1.165, 1.54) is 23.5 Å². The number of fused-ring (bicyclic) bond motifs is 1. The van der Waals surface area contributed by atoms with E-state index in [1.807, 2.05) is 54.6 Å². The minimum atomic E-state index is -0.742. The van der Waals surface area contributed by atoms with Crippen LogP contribution in [0.1, 0.15) is 29.7 Å². The van der Waals surface area contributed by atoms with Crippen LogP contribution in [-0.2, 0) is 11.4 Å². The zero-order valence-corrected chi connectivity index (χ0v) is 27.6. The van der Waals surface area contributed by atoms with E-state index in [0.717, 1.165) is 11.1 Å². The molecule has 12 heteroatoms. The van der Waals surface area contributed by atoms with E-state index in [1.54, 1.807) is 55.0 Å². The van der Waals surface area contributed by atoms with Gasteiger partial charge >= 0.3 is 0 Å². The summed E-state index contributed by atoms with van der Waals surface area (Å²) in [5.41, 5.74) is 3.47. The number of amides is 1. The highest BCUT2D eigenvalue weighted by Crippen LogP contribution is 2.33. The van der Waals surface area contributed by atoms with Gasteiger partial charge in [0.15, 0.2) is 4.80 Å². The van der Waals surface area contributed by atoms with Gasteiger partial charge in [-0.3, -0.25) is 24.3 Å². The molecule has 0 unspecified atom stereocenters. The lowest BCUT2D eigenvalue weighted by Gasteiger charge is -2.25. The third kappa shape index (κ3) is 6.79. The number of carbonyl (C=O) groups excluding carboxylic acids is 1. The predicted molar refractivity (Wildman–Crippen MR) is 183 cm³/mol. The number of non-ortho nitro benzene ring substituents is 1. The molecule has 236 valence electrons. The number of halogens is 1. The molecule has 1 aromatic heterocycles. The molecule has 4 aromatic carbocycles. The van der Waals surface area contributed by atoms with E-state index >= 15 is 0 Å². The second-order valence-electron chi connectivity index (χ2n) is 10.6. The molecule has 1 amide bonds. The van der Waals surface area contributed by atoms with Gasteiger partial charge in [0.2, 0.25) is 0 Å². The van der Waals surface area contributed by atoms with Gasteiger partial charge in [0, 0.05) is 17.8 Å². The number of nitrogens with zero attached hydrogens (tertiary/aromatic N) is 3. The van der Waals surface area contributed by atoms with E-state index in [9.17, 15) is 19.7 Å². The summed E-state index contributed by atoms with van der Waals surface area (Å²) in [6.45, 7) is 2.00. The number of anilines is 1. The Morgan fingerprint density at radius 2 is 1.83 bits per heavy atom. The Morgan fingerprint density at radius 1 is 1.06 bits per heavy atom. The number of nitrogens with one attached hydrogen (secondary N) is 1. The lowest BCUT2D eigenvalue weighted by atomic mass is 9.95. The van der Waals surface area contributed by atoms with Gasteiger partial charge < -0.3 is 14.8 Å². The molecule has 47 heavy (non-hydrogen) atoms. The third-order valence-corrected chi connectivity index (χ3v) is 9.11. The van der Waals surface area contributed by atoms with Crippen LogP contribution in [0.15, 0.2) is 123 Å². The Balaban J connectivity index is 1.34. The quantitative estimate of drug-likeness (QED) is 0.145. The maximum Gasteiger partial charge on any atom is 0.271 e. The van der Waals surface area contributed by atoms with Crippen LogP contribution in [0, 0.1) is 10.1 Å². The van der Waals surface area contributed by atoms with E-state index in [4.69, 9.17) is 14.5 Å². The fourth-order valence-corrected chi connectivity index (χ4v) is 6.77. The number of hydrogen-bond acceptors (Lipinski definition) is 8. The zero-order chi connectivity index (χ0) is 33.1. The molecule has 0 aliphatic carbocycles. The Labute approximate surface area is 281 Å². The highest BCUT2D eigenvalue weighted by Gasteiger charge is 2.32. The van der Waals surface area contributed by atoms with Gasteiger partial charge in [-0.25, -0.2) is 4.99 Å². The van der Waals surface area contributed by atoms with Crippen LogP contribution in [0.3, 0.4) is 0 Å². The summed E-state index contributed by atoms with van der Waals surface area (Å²) in [5.74, 6) is 0.820. The van der Waals surface area contributed by atoms with Gasteiger partial charge in [-0.1, -0.05) is 47.7 Å². The van der Waals surface area contributed by atoms with E-state index in [0.29, 0.717) is 47.8 Å². The fourth-order valence-electron chi connectivity index (χ4n) is 5.21. The van der Waals surface area contributed by atoms with Crippen LogP contribution in [0.25, 0.3) is 6.08 Å². The summed E-state index contributed by atoms with van der Waals surface area (Å²) in [4.78, 5) is 43.5. The average molecular weight is 712 g/mol. The number of nitro benzene ring substituents is 1. The van der Waals surface area contributed by atoms with Gasteiger partial charge in [0.25, 0.3) is 17.2 Å². The van der Waals surface area contributed by atoms with Crippen LogP contribution >= 0.6 is 27.3 Å². The third-order valence-electron chi connectivity index (χ3n) is 7.50. The molecule has 10 nitrogen and oxygen atoms in total. The first-order valence-electron chi connectivity index (χ1n) is 14.4. The van der Waals surface area contributed by atoms with Crippen molar-refractivity contribution in [3.8, 4) is 11.5 Å². The molecule has 1 aliphatic rings. The summed E-state index contributed by atoms with van der Waals surface area (Å²) in [6, 6.07) is 27.3. The van der Waals surface area contributed by atoms with Crippen molar-refractivity contribution in [1.82, 2.24) is 4.57 Å². The molecular weight excluding hydrogens is 684 g/mol. The maximum atomic E-state index is 14.1. The normalized spacial score (nSPS) is 14.3. The Bertz CT molecular complexity index is 2210. The van der Waals surface area contributed by atoms with Crippen molar-refractivity contribution in [3.05, 3.63) is 159 Å². The van der Waals surface area contributed by atoms with Crippen LogP contribution in [0.2, 0.25) is 0 Å². The lowest BCUT2D eigenvalue weighted by Crippen LogP contribution is -2.40. The van der Waals surface area contributed by atoms with Gasteiger partial charge in [-0.05, 0) is 94.2 Å². The zero-order valence-electron chi connectivity index (χ0n) is 25.2. The molecule has 1 atom stereocenters. The lowest BCUT2D eigenvalue weighted by molar-refractivity contribution is -0.384. The minimum Gasteiger partial charge on any atom is -0.497 e. The molecule has 0 bridgehead atoms. The summed E-state index contributed by atoms with van der Waals surface area (Å²) in [6.07, 6.45) is 1.78. The second-order valence-corrected chi connectivity index (χ2v) is 12.4. The molecule has 1 N–H and O–H groups in total. The fraction of sp³-hybridized carbons (Fsp3) is 0.114. The van der Waals surface area contributed by atoms with Crippen molar-refractivity contribution >= 4 is 50.6 Å². The minimum absolute atomic E-state index is 0.0150. The number of nitro groups is 1. The molecule has 0 radical (unpaired) electrons. The van der Waals surface area contributed by atoms with Gasteiger partial charge in [-0.15, -0.1) is 0 Å². The number of para-hydroxylation sites is 1. The number of carbonyl (C=O) groups is 1. The largest absolute Gasteiger partial charge is 0.497 e. The Kier molecular flexibility index (Phi) is 9.14. The number of methoxy groups -OCH3 is 1. The van der Waals surface area contributed by atoms with Crippen molar-refractivity contribution < 1.29 is 19.2 Å². The Morgan fingerprint density at radius 3 is 2.53 bits per heavy atom. The number of hydrogen-bond donors (Lipinski definition) is 1. The molecule has 0 saturated carbocycles. The van der Waals surface area contributed by atoms with Crippen molar-refractivity contribution in [2.24, 2.45) is 4.99 Å².